The zero-order chi connectivity index (χ0) is 13.7. The third-order valence-corrected chi connectivity index (χ3v) is 3.60. The van der Waals surface area contributed by atoms with E-state index in [2.05, 4.69) is 54.7 Å². The summed E-state index contributed by atoms with van der Waals surface area (Å²) >= 11 is 2.44. The van der Waals surface area contributed by atoms with Gasteiger partial charge in [0.25, 0.3) is 0 Å². The van der Waals surface area contributed by atoms with Crippen molar-refractivity contribution in [2.45, 2.75) is 23.7 Å². The second kappa shape index (κ2) is 6.46. The molecule has 0 fully saturated rings. The predicted molar refractivity (Wildman–Crippen MR) is 86.9 cm³/mol. The smallest absolute Gasteiger partial charge is 0.122 e. The summed E-state index contributed by atoms with van der Waals surface area (Å²) in [5, 5.41) is 0. The number of hydrogen-bond acceptors (Lipinski definition) is 2. The van der Waals surface area contributed by atoms with Gasteiger partial charge in [-0.2, -0.15) is 0 Å². The first-order valence-corrected chi connectivity index (χ1v) is 7.54. The Kier molecular flexibility index (Phi) is 4.91. The molecule has 1 aliphatic carbocycles. The van der Waals surface area contributed by atoms with Crippen molar-refractivity contribution in [3.8, 4) is 5.75 Å². The first-order valence-electron chi connectivity index (χ1n) is 6.46. The molecule has 19 heavy (non-hydrogen) atoms. The number of rotatable bonds is 5. The Bertz CT molecular complexity index is 489. The Morgan fingerprint density at radius 2 is 2.05 bits per heavy atom. The van der Waals surface area contributed by atoms with Gasteiger partial charge in [0.2, 0.25) is 0 Å². The second-order valence-corrected chi connectivity index (χ2v) is 7.41. The summed E-state index contributed by atoms with van der Waals surface area (Å²) in [4.78, 5) is 0. The molecule has 0 heterocycles. The van der Waals surface area contributed by atoms with Crippen LogP contribution in [0.3, 0.4) is 0 Å². The Labute approximate surface area is 128 Å². The minimum Gasteiger partial charge on any atom is -0.490 e. The summed E-state index contributed by atoms with van der Waals surface area (Å²) in [6.07, 6.45) is 7.41. The van der Waals surface area contributed by atoms with E-state index in [4.69, 9.17) is 9.47 Å². The minimum atomic E-state index is 0.166. The molecule has 1 atom stereocenters. The van der Waals surface area contributed by atoms with E-state index in [1.807, 2.05) is 24.3 Å². The molecule has 3 heteroatoms. The van der Waals surface area contributed by atoms with Gasteiger partial charge in [0.1, 0.15) is 24.7 Å². The van der Waals surface area contributed by atoms with Crippen molar-refractivity contribution >= 4 is 22.6 Å². The molecule has 0 amide bonds. The van der Waals surface area contributed by atoms with Gasteiger partial charge in [-0.25, -0.2) is 0 Å². The maximum Gasteiger partial charge on any atom is 0.122 e. The van der Waals surface area contributed by atoms with Gasteiger partial charge in [-0.1, -0.05) is 40.8 Å². The van der Waals surface area contributed by atoms with Crippen LogP contribution in [0.1, 0.15) is 18.9 Å². The van der Waals surface area contributed by atoms with Crippen molar-refractivity contribution in [2.24, 2.45) is 0 Å². The van der Waals surface area contributed by atoms with Crippen molar-refractivity contribution in [2.75, 3.05) is 13.2 Å². The van der Waals surface area contributed by atoms with Crippen LogP contribution >= 0.6 is 22.6 Å². The summed E-state index contributed by atoms with van der Waals surface area (Å²) in [6, 6.07) is 8.05. The van der Waals surface area contributed by atoms with Gasteiger partial charge in [0.05, 0.1) is 0 Å². The molecule has 0 spiro atoms. The summed E-state index contributed by atoms with van der Waals surface area (Å²) in [5.74, 6) is 1.84. The average Bonchev–Trinajstić information content (AvgIpc) is 2.34. The summed E-state index contributed by atoms with van der Waals surface area (Å²) in [5.41, 5.74) is 1.21. The van der Waals surface area contributed by atoms with Crippen LogP contribution in [-0.2, 0) is 4.74 Å². The van der Waals surface area contributed by atoms with Crippen LogP contribution in [0.4, 0.5) is 0 Å². The number of benzene rings is 1. The summed E-state index contributed by atoms with van der Waals surface area (Å²) < 4.78 is 11.5. The molecule has 0 N–H and O–H groups in total. The SMILES string of the molecule is Cc1cccc(OCCOC2=C[C@@](C)(I)CC=C2)c1. The van der Waals surface area contributed by atoms with Crippen molar-refractivity contribution in [3.63, 3.8) is 0 Å². The molecule has 0 unspecified atom stereocenters. The Morgan fingerprint density at radius 3 is 2.79 bits per heavy atom. The molecule has 2 nitrogen and oxygen atoms in total. The standard InChI is InChI=1S/C16H19IO2/c1-13-5-3-6-14(11-13)18-9-10-19-15-7-4-8-16(2,17)12-15/h3-7,11-12H,8-10H2,1-2H3/t16-/m0/s1. The van der Waals surface area contributed by atoms with Gasteiger partial charge in [0.15, 0.2) is 0 Å². The van der Waals surface area contributed by atoms with Gasteiger partial charge >= 0.3 is 0 Å². The lowest BCUT2D eigenvalue weighted by atomic mass is 10.0. The predicted octanol–water partition coefficient (Wildman–Crippen LogP) is 4.43. The molecule has 1 aromatic carbocycles. The van der Waals surface area contributed by atoms with E-state index < -0.39 is 0 Å². The zero-order valence-corrected chi connectivity index (χ0v) is 13.5. The highest BCUT2D eigenvalue weighted by Gasteiger charge is 2.19. The van der Waals surface area contributed by atoms with E-state index in [0.717, 1.165) is 17.9 Å². The van der Waals surface area contributed by atoms with E-state index in [9.17, 15) is 0 Å². The number of allylic oxidation sites excluding steroid dienone is 3. The number of halogens is 1. The molecule has 0 radical (unpaired) electrons. The van der Waals surface area contributed by atoms with Gasteiger partial charge in [-0.15, -0.1) is 0 Å². The van der Waals surface area contributed by atoms with Crippen LogP contribution in [0.2, 0.25) is 0 Å². The molecule has 1 aromatic rings. The largest absolute Gasteiger partial charge is 0.490 e. The monoisotopic (exact) mass is 370 g/mol. The molecule has 1 aliphatic rings. The third kappa shape index (κ3) is 4.90. The van der Waals surface area contributed by atoms with Crippen LogP contribution in [0.25, 0.3) is 0 Å². The topological polar surface area (TPSA) is 18.5 Å². The van der Waals surface area contributed by atoms with E-state index in [1.165, 1.54) is 5.56 Å². The first-order chi connectivity index (χ1) is 9.05. The van der Waals surface area contributed by atoms with Gasteiger partial charge in [-0.05, 0) is 50.1 Å². The van der Waals surface area contributed by atoms with E-state index in [-0.39, 0.29) is 3.42 Å². The van der Waals surface area contributed by atoms with E-state index in [0.29, 0.717) is 13.2 Å². The Morgan fingerprint density at radius 1 is 1.26 bits per heavy atom. The fourth-order valence-electron chi connectivity index (χ4n) is 1.92. The quantitative estimate of drug-likeness (QED) is 0.434. The average molecular weight is 370 g/mol. The van der Waals surface area contributed by atoms with E-state index in [1.54, 1.807) is 0 Å². The molecule has 0 saturated heterocycles. The van der Waals surface area contributed by atoms with Crippen molar-refractivity contribution < 1.29 is 9.47 Å². The lowest BCUT2D eigenvalue weighted by Crippen LogP contribution is -2.15. The molecule has 0 bridgehead atoms. The first kappa shape index (κ1) is 14.4. The zero-order valence-electron chi connectivity index (χ0n) is 11.4. The maximum absolute atomic E-state index is 5.72. The molecule has 102 valence electrons. The number of ether oxygens (including phenoxy) is 2. The lowest BCUT2D eigenvalue weighted by Gasteiger charge is -2.21. The summed E-state index contributed by atoms with van der Waals surface area (Å²) in [7, 11) is 0. The van der Waals surface area contributed by atoms with Gasteiger partial charge in [0, 0.05) is 3.42 Å². The highest BCUT2D eigenvalue weighted by atomic mass is 127. The number of aryl methyl sites for hydroxylation is 1. The second-order valence-electron chi connectivity index (χ2n) is 4.94. The molecule has 0 aliphatic heterocycles. The van der Waals surface area contributed by atoms with Crippen LogP contribution < -0.4 is 4.74 Å². The third-order valence-electron chi connectivity index (χ3n) is 2.85. The highest BCUT2D eigenvalue weighted by molar-refractivity contribution is 14.1. The van der Waals surface area contributed by atoms with Gasteiger partial charge < -0.3 is 9.47 Å². The lowest BCUT2D eigenvalue weighted by molar-refractivity contribution is 0.162. The Balaban J connectivity index is 1.75. The van der Waals surface area contributed by atoms with Crippen molar-refractivity contribution in [1.29, 1.82) is 0 Å². The number of alkyl halides is 1. The maximum atomic E-state index is 5.72. The number of hydrogen-bond donors (Lipinski definition) is 0. The molecule has 2 rings (SSSR count). The van der Waals surface area contributed by atoms with Crippen LogP contribution in [0.15, 0.2) is 48.3 Å². The Hall–Kier alpha value is -0.970. The van der Waals surface area contributed by atoms with Crippen LogP contribution in [-0.4, -0.2) is 16.6 Å². The molecule has 0 aromatic heterocycles. The van der Waals surface area contributed by atoms with Crippen molar-refractivity contribution in [1.82, 2.24) is 0 Å². The van der Waals surface area contributed by atoms with Crippen LogP contribution in [0.5, 0.6) is 5.75 Å². The summed E-state index contributed by atoms with van der Waals surface area (Å²) in [6.45, 7) is 5.38. The van der Waals surface area contributed by atoms with Gasteiger partial charge in [-0.3, -0.25) is 0 Å². The van der Waals surface area contributed by atoms with E-state index >= 15 is 0 Å². The fraction of sp³-hybridized carbons (Fsp3) is 0.375. The molecular weight excluding hydrogens is 351 g/mol. The van der Waals surface area contributed by atoms with Crippen molar-refractivity contribution in [3.05, 3.63) is 53.8 Å². The normalized spacial score (nSPS) is 21.9. The molecule has 0 saturated carbocycles. The molecular formula is C16H19IO2. The van der Waals surface area contributed by atoms with Crippen LogP contribution in [0, 0.1) is 6.92 Å². The fourth-order valence-corrected chi connectivity index (χ4v) is 2.48. The highest BCUT2D eigenvalue weighted by Crippen LogP contribution is 2.30. The minimum absolute atomic E-state index is 0.166.